The Kier molecular flexibility index (Phi) is 5.23. The molecule has 19 heavy (non-hydrogen) atoms. The standard InChI is InChI=1S/C15H25NO3/c1-2-19-14(17)11-16(13-9-10-13)15(18)12-7-5-3-4-6-8-12/h12-13H,2-11H2,1H3. The van der Waals surface area contributed by atoms with Gasteiger partial charge in [0.25, 0.3) is 0 Å². The molecule has 0 aromatic rings. The molecule has 0 aromatic heterocycles. The quantitative estimate of drug-likeness (QED) is 0.568. The van der Waals surface area contributed by atoms with Crippen LogP contribution in [0.3, 0.4) is 0 Å². The first-order chi connectivity index (χ1) is 9.22. The minimum absolute atomic E-state index is 0.137. The lowest BCUT2D eigenvalue weighted by molar-refractivity contribution is -0.150. The molecule has 2 aliphatic rings. The maximum absolute atomic E-state index is 12.6. The molecule has 0 radical (unpaired) electrons. The van der Waals surface area contributed by atoms with Gasteiger partial charge in [0.15, 0.2) is 0 Å². The first-order valence-corrected chi connectivity index (χ1v) is 7.68. The molecule has 0 atom stereocenters. The second-order valence-electron chi connectivity index (χ2n) is 5.69. The Labute approximate surface area is 115 Å². The molecule has 2 fully saturated rings. The molecule has 1 amide bonds. The van der Waals surface area contributed by atoms with Crippen molar-refractivity contribution in [3.8, 4) is 0 Å². The maximum atomic E-state index is 12.6. The van der Waals surface area contributed by atoms with Crippen molar-refractivity contribution in [3.05, 3.63) is 0 Å². The molecule has 0 unspecified atom stereocenters. The van der Waals surface area contributed by atoms with Gasteiger partial charge in [-0.3, -0.25) is 9.59 Å². The van der Waals surface area contributed by atoms with Crippen LogP contribution >= 0.6 is 0 Å². The first-order valence-electron chi connectivity index (χ1n) is 7.68. The Balaban J connectivity index is 1.93. The zero-order chi connectivity index (χ0) is 13.7. The fourth-order valence-electron chi connectivity index (χ4n) is 2.88. The van der Waals surface area contributed by atoms with Gasteiger partial charge < -0.3 is 9.64 Å². The number of amides is 1. The van der Waals surface area contributed by atoms with Crippen LogP contribution in [0.1, 0.15) is 58.3 Å². The van der Waals surface area contributed by atoms with Gasteiger partial charge in [-0.1, -0.05) is 25.7 Å². The van der Waals surface area contributed by atoms with Crippen LogP contribution in [0, 0.1) is 5.92 Å². The summed E-state index contributed by atoms with van der Waals surface area (Å²) < 4.78 is 4.98. The molecule has 0 bridgehead atoms. The van der Waals surface area contributed by atoms with Gasteiger partial charge in [0.1, 0.15) is 6.54 Å². The number of carbonyl (C=O) groups excluding carboxylic acids is 2. The summed E-state index contributed by atoms with van der Waals surface area (Å²) >= 11 is 0. The summed E-state index contributed by atoms with van der Waals surface area (Å²) in [6, 6.07) is 0.292. The second kappa shape index (κ2) is 6.92. The van der Waals surface area contributed by atoms with Gasteiger partial charge in [-0.05, 0) is 32.6 Å². The molecule has 0 aliphatic heterocycles. The lowest BCUT2D eigenvalue weighted by atomic mass is 9.98. The van der Waals surface area contributed by atoms with Crippen molar-refractivity contribution in [2.45, 2.75) is 64.3 Å². The molecule has 4 heteroatoms. The summed E-state index contributed by atoms with van der Waals surface area (Å²) in [6.07, 6.45) is 8.84. The van der Waals surface area contributed by atoms with E-state index in [2.05, 4.69) is 0 Å². The molecule has 0 spiro atoms. The number of hydrogen-bond donors (Lipinski definition) is 0. The highest BCUT2D eigenvalue weighted by Gasteiger charge is 2.37. The summed E-state index contributed by atoms with van der Waals surface area (Å²) in [5.41, 5.74) is 0. The number of ether oxygens (including phenoxy) is 1. The van der Waals surface area contributed by atoms with Crippen molar-refractivity contribution < 1.29 is 14.3 Å². The zero-order valence-corrected chi connectivity index (χ0v) is 11.9. The highest BCUT2D eigenvalue weighted by atomic mass is 16.5. The second-order valence-corrected chi connectivity index (χ2v) is 5.69. The van der Waals surface area contributed by atoms with E-state index in [1.165, 1.54) is 12.8 Å². The van der Waals surface area contributed by atoms with Crippen molar-refractivity contribution in [3.63, 3.8) is 0 Å². The number of hydrogen-bond acceptors (Lipinski definition) is 3. The van der Waals surface area contributed by atoms with Crippen molar-refractivity contribution >= 4 is 11.9 Å². The number of rotatable bonds is 5. The van der Waals surface area contributed by atoms with E-state index >= 15 is 0 Å². The normalized spacial score (nSPS) is 20.7. The van der Waals surface area contributed by atoms with E-state index < -0.39 is 0 Å². The topological polar surface area (TPSA) is 46.6 Å². The van der Waals surface area contributed by atoms with E-state index in [9.17, 15) is 9.59 Å². The molecule has 2 rings (SSSR count). The largest absolute Gasteiger partial charge is 0.465 e. The third-order valence-electron chi connectivity index (χ3n) is 4.08. The van der Waals surface area contributed by atoms with Crippen LogP contribution < -0.4 is 0 Å². The monoisotopic (exact) mass is 267 g/mol. The Bertz CT molecular complexity index is 317. The van der Waals surface area contributed by atoms with E-state index in [4.69, 9.17) is 4.74 Å². The average molecular weight is 267 g/mol. The predicted octanol–water partition coefficient (Wildman–Crippen LogP) is 2.51. The smallest absolute Gasteiger partial charge is 0.325 e. The van der Waals surface area contributed by atoms with Crippen LogP contribution in [0.2, 0.25) is 0 Å². The first kappa shape index (κ1) is 14.4. The Morgan fingerprint density at radius 3 is 2.21 bits per heavy atom. The summed E-state index contributed by atoms with van der Waals surface area (Å²) in [7, 11) is 0. The van der Waals surface area contributed by atoms with Crippen molar-refractivity contribution in [1.29, 1.82) is 0 Å². The number of esters is 1. The van der Waals surface area contributed by atoms with Gasteiger partial charge >= 0.3 is 5.97 Å². The minimum Gasteiger partial charge on any atom is -0.465 e. The molecule has 4 nitrogen and oxygen atoms in total. The fraction of sp³-hybridized carbons (Fsp3) is 0.867. The average Bonchev–Trinajstić information content (AvgIpc) is 3.21. The van der Waals surface area contributed by atoms with E-state index in [1.54, 1.807) is 11.8 Å². The molecule has 0 saturated heterocycles. The van der Waals surface area contributed by atoms with E-state index in [0.29, 0.717) is 12.6 Å². The Morgan fingerprint density at radius 1 is 1.05 bits per heavy atom. The van der Waals surface area contributed by atoms with E-state index in [1.807, 2.05) is 0 Å². The highest BCUT2D eigenvalue weighted by molar-refractivity contribution is 5.84. The molecule has 0 N–H and O–H groups in total. The van der Waals surface area contributed by atoms with Crippen LogP contribution in [0.15, 0.2) is 0 Å². The van der Waals surface area contributed by atoms with E-state index in [0.717, 1.165) is 38.5 Å². The number of nitrogens with zero attached hydrogens (tertiary/aromatic N) is 1. The van der Waals surface area contributed by atoms with Gasteiger partial charge in [-0.2, -0.15) is 0 Å². The van der Waals surface area contributed by atoms with Crippen LogP contribution in [0.5, 0.6) is 0 Å². The van der Waals surface area contributed by atoms with Gasteiger partial charge in [0.05, 0.1) is 6.61 Å². The molecule has 2 saturated carbocycles. The van der Waals surface area contributed by atoms with Crippen LogP contribution in [0.25, 0.3) is 0 Å². The lowest BCUT2D eigenvalue weighted by Crippen LogP contribution is -2.41. The van der Waals surface area contributed by atoms with Crippen molar-refractivity contribution in [2.24, 2.45) is 5.92 Å². The van der Waals surface area contributed by atoms with Gasteiger partial charge in [-0.15, -0.1) is 0 Å². The van der Waals surface area contributed by atoms with E-state index in [-0.39, 0.29) is 24.3 Å². The van der Waals surface area contributed by atoms with Crippen molar-refractivity contribution in [2.75, 3.05) is 13.2 Å². The number of carbonyl (C=O) groups is 2. The SMILES string of the molecule is CCOC(=O)CN(C(=O)C1CCCCCC1)C1CC1. The van der Waals surface area contributed by atoms with Gasteiger partial charge in [0, 0.05) is 12.0 Å². The van der Waals surface area contributed by atoms with Crippen molar-refractivity contribution in [1.82, 2.24) is 4.90 Å². The molecule has 108 valence electrons. The Hall–Kier alpha value is -1.06. The van der Waals surface area contributed by atoms with Gasteiger partial charge in [0.2, 0.25) is 5.91 Å². The minimum atomic E-state index is -0.267. The molecule has 0 aromatic carbocycles. The summed E-state index contributed by atoms with van der Waals surface area (Å²) in [5, 5.41) is 0. The summed E-state index contributed by atoms with van der Waals surface area (Å²) in [5.74, 6) is 0.0614. The third-order valence-corrected chi connectivity index (χ3v) is 4.08. The summed E-state index contributed by atoms with van der Waals surface area (Å²) in [6.45, 7) is 2.33. The molecule has 0 heterocycles. The predicted molar refractivity (Wildman–Crippen MR) is 72.6 cm³/mol. The van der Waals surface area contributed by atoms with Gasteiger partial charge in [-0.25, -0.2) is 0 Å². The fourth-order valence-corrected chi connectivity index (χ4v) is 2.88. The third kappa shape index (κ3) is 4.22. The van der Waals surface area contributed by atoms with Crippen LogP contribution in [0.4, 0.5) is 0 Å². The molecular formula is C15H25NO3. The molecule has 2 aliphatic carbocycles. The Morgan fingerprint density at radius 2 is 1.68 bits per heavy atom. The lowest BCUT2D eigenvalue weighted by Gasteiger charge is -2.26. The maximum Gasteiger partial charge on any atom is 0.325 e. The molecular weight excluding hydrogens is 242 g/mol. The zero-order valence-electron chi connectivity index (χ0n) is 11.9. The van der Waals surface area contributed by atoms with Crippen LogP contribution in [-0.4, -0.2) is 36.0 Å². The summed E-state index contributed by atoms with van der Waals surface area (Å²) in [4.78, 5) is 26.0. The highest BCUT2D eigenvalue weighted by Crippen LogP contribution is 2.31. The van der Waals surface area contributed by atoms with Crippen LogP contribution in [-0.2, 0) is 14.3 Å².